The molecule has 6 rings (SSSR count). The van der Waals surface area contributed by atoms with Crippen molar-refractivity contribution in [3.63, 3.8) is 0 Å². The monoisotopic (exact) mass is 427 g/mol. The highest BCUT2D eigenvalue weighted by molar-refractivity contribution is 6.08. The molecule has 3 heterocycles. The van der Waals surface area contributed by atoms with E-state index in [4.69, 9.17) is 14.2 Å². The molecule has 0 aromatic carbocycles. The first-order valence-electron chi connectivity index (χ1n) is 11.6. The average molecular weight is 427 g/mol. The van der Waals surface area contributed by atoms with Crippen molar-refractivity contribution in [1.82, 2.24) is 5.32 Å². The Balaban J connectivity index is 1.33. The molecular weight excluding hydrogens is 398 g/mol. The molecule has 1 saturated carbocycles. The number of Topliss-reactive ketones (excluding diaryl/α,β-unsaturated/α-hetero) is 1. The van der Waals surface area contributed by atoms with Crippen molar-refractivity contribution in [1.29, 1.82) is 0 Å². The van der Waals surface area contributed by atoms with Crippen molar-refractivity contribution >= 4 is 17.7 Å². The largest absolute Gasteiger partial charge is 0.458 e. The van der Waals surface area contributed by atoms with Gasteiger partial charge in [0.25, 0.3) is 0 Å². The van der Waals surface area contributed by atoms with Crippen LogP contribution in [0.1, 0.15) is 52.9 Å². The van der Waals surface area contributed by atoms with Crippen LogP contribution in [-0.2, 0) is 28.6 Å². The van der Waals surface area contributed by atoms with Crippen molar-refractivity contribution in [3.8, 4) is 0 Å². The van der Waals surface area contributed by atoms with Crippen molar-refractivity contribution in [2.75, 3.05) is 13.2 Å². The molecule has 2 spiro atoms. The molecule has 0 bridgehead atoms. The maximum atomic E-state index is 13.8. The number of cyclic esters (lactones) is 1. The minimum absolute atomic E-state index is 0.000224. The number of amides is 1. The molecule has 6 aliphatic rings. The molecule has 1 amide bonds. The van der Waals surface area contributed by atoms with Gasteiger partial charge in [0.05, 0.1) is 6.10 Å². The molecule has 0 aromatic rings. The van der Waals surface area contributed by atoms with E-state index >= 15 is 0 Å². The second-order valence-electron chi connectivity index (χ2n) is 10.3. The number of rotatable bonds is 5. The second-order valence-corrected chi connectivity index (χ2v) is 10.3. The molecule has 0 aromatic heterocycles. The van der Waals surface area contributed by atoms with E-state index in [0.717, 1.165) is 24.0 Å². The molecule has 7 heteroatoms. The zero-order chi connectivity index (χ0) is 21.8. The van der Waals surface area contributed by atoms with Gasteiger partial charge in [0.15, 0.2) is 11.4 Å². The maximum Gasteiger partial charge on any atom is 0.334 e. The SMILES string of the molecule is CCCNC(=O)CC(C)C1=CC2OC23C2(OC2C[C@H]2C4=C(CCC23C)C(=O)OC4)C1=O. The maximum absolute atomic E-state index is 13.8. The standard InChI is InChI=1S/C24H29NO6/c1-4-7-25-19(26)8-12(2)14-9-18-24(31-18)22(3)6-5-13-15(11-29-21(13)28)16(22)10-17-23(24,30-17)20(14)27/h9,12,16-18H,4-8,10-11H2,1-3H3,(H,25,26)/t12?,16-,17?,18?,22?,23?,24?/m0/s1. The summed E-state index contributed by atoms with van der Waals surface area (Å²) in [6.45, 7) is 7.16. The zero-order valence-electron chi connectivity index (χ0n) is 18.3. The lowest BCUT2D eigenvalue weighted by Gasteiger charge is -2.51. The van der Waals surface area contributed by atoms with Crippen LogP contribution in [0.2, 0.25) is 0 Å². The number of fused-ring (bicyclic) bond motifs is 2. The molecule has 31 heavy (non-hydrogen) atoms. The Morgan fingerprint density at radius 1 is 1.32 bits per heavy atom. The van der Waals surface area contributed by atoms with Crippen molar-refractivity contribution in [2.45, 2.75) is 76.3 Å². The number of ketones is 1. The minimum Gasteiger partial charge on any atom is -0.458 e. The highest BCUT2D eigenvalue weighted by atomic mass is 16.7. The van der Waals surface area contributed by atoms with Crippen LogP contribution in [0.5, 0.6) is 0 Å². The highest BCUT2D eigenvalue weighted by Crippen LogP contribution is 2.77. The molecule has 3 aliphatic heterocycles. The summed E-state index contributed by atoms with van der Waals surface area (Å²) in [5, 5.41) is 2.90. The Bertz CT molecular complexity index is 983. The Hall–Kier alpha value is -1.99. The quantitative estimate of drug-likeness (QED) is 0.532. The van der Waals surface area contributed by atoms with Crippen LogP contribution >= 0.6 is 0 Å². The average Bonchev–Trinajstić information content (AvgIpc) is 3.62. The van der Waals surface area contributed by atoms with Gasteiger partial charge in [-0.15, -0.1) is 0 Å². The van der Waals surface area contributed by atoms with Crippen LogP contribution in [-0.4, -0.2) is 54.2 Å². The van der Waals surface area contributed by atoms with E-state index in [1.54, 1.807) is 0 Å². The van der Waals surface area contributed by atoms with E-state index in [2.05, 4.69) is 12.2 Å². The van der Waals surface area contributed by atoms with E-state index in [1.165, 1.54) is 0 Å². The van der Waals surface area contributed by atoms with Crippen LogP contribution in [0.3, 0.4) is 0 Å². The number of carbonyl (C=O) groups is 3. The van der Waals surface area contributed by atoms with Crippen LogP contribution in [0.25, 0.3) is 0 Å². The van der Waals surface area contributed by atoms with Gasteiger partial charge in [0.2, 0.25) is 5.91 Å². The van der Waals surface area contributed by atoms with Gasteiger partial charge >= 0.3 is 5.97 Å². The summed E-state index contributed by atoms with van der Waals surface area (Å²) < 4.78 is 18.0. The molecule has 166 valence electrons. The summed E-state index contributed by atoms with van der Waals surface area (Å²) in [7, 11) is 0. The third kappa shape index (κ3) is 2.19. The van der Waals surface area contributed by atoms with Crippen LogP contribution < -0.4 is 5.32 Å². The van der Waals surface area contributed by atoms with Gasteiger partial charge in [-0.25, -0.2) is 4.79 Å². The van der Waals surface area contributed by atoms with E-state index in [9.17, 15) is 14.4 Å². The third-order valence-electron chi connectivity index (χ3n) is 8.83. The van der Waals surface area contributed by atoms with Gasteiger partial charge in [-0.1, -0.05) is 20.8 Å². The Morgan fingerprint density at radius 3 is 2.90 bits per heavy atom. The molecule has 1 N–H and O–H groups in total. The number of ether oxygens (including phenoxy) is 3. The van der Waals surface area contributed by atoms with E-state index in [0.29, 0.717) is 31.6 Å². The summed E-state index contributed by atoms with van der Waals surface area (Å²) in [4.78, 5) is 38.2. The lowest BCUT2D eigenvalue weighted by Crippen LogP contribution is -2.63. The summed E-state index contributed by atoms with van der Waals surface area (Å²) in [6, 6.07) is 0. The fourth-order valence-corrected chi connectivity index (χ4v) is 7.19. The van der Waals surface area contributed by atoms with Crippen molar-refractivity contribution in [2.24, 2.45) is 17.3 Å². The topological polar surface area (TPSA) is 97.5 Å². The lowest BCUT2D eigenvalue weighted by molar-refractivity contribution is -0.136. The predicted octanol–water partition coefficient (Wildman–Crippen LogP) is 2.00. The molecule has 3 fully saturated rings. The minimum atomic E-state index is -0.928. The normalized spacial score (nSPS) is 44.7. The lowest BCUT2D eigenvalue weighted by atomic mass is 9.48. The second kappa shape index (κ2) is 6.07. The molecule has 2 saturated heterocycles. The molecule has 6 unspecified atom stereocenters. The zero-order valence-corrected chi connectivity index (χ0v) is 18.3. The number of hydrogen-bond acceptors (Lipinski definition) is 6. The first-order valence-corrected chi connectivity index (χ1v) is 11.6. The highest BCUT2D eigenvalue weighted by Gasteiger charge is 2.92. The number of carbonyl (C=O) groups excluding carboxylic acids is 3. The van der Waals surface area contributed by atoms with Crippen molar-refractivity contribution < 1.29 is 28.6 Å². The third-order valence-corrected chi connectivity index (χ3v) is 8.83. The van der Waals surface area contributed by atoms with E-state index in [1.807, 2.05) is 19.9 Å². The van der Waals surface area contributed by atoms with Gasteiger partial charge in [-0.2, -0.15) is 0 Å². The number of hydrogen-bond donors (Lipinski definition) is 1. The fraction of sp³-hybridized carbons (Fsp3) is 0.708. The van der Waals surface area contributed by atoms with Crippen LogP contribution in [0, 0.1) is 17.3 Å². The van der Waals surface area contributed by atoms with Crippen molar-refractivity contribution in [3.05, 3.63) is 22.8 Å². The molecule has 7 nitrogen and oxygen atoms in total. The van der Waals surface area contributed by atoms with Gasteiger partial charge in [-0.05, 0) is 49.2 Å². The summed E-state index contributed by atoms with van der Waals surface area (Å²) in [6.07, 6.45) is 4.91. The van der Waals surface area contributed by atoms with E-state index in [-0.39, 0.29) is 53.5 Å². The number of esters is 1. The summed E-state index contributed by atoms with van der Waals surface area (Å²) in [5.74, 6) is -0.268. The van der Waals surface area contributed by atoms with E-state index < -0.39 is 11.2 Å². The molecule has 0 radical (unpaired) electrons. The first kappa shape index (κ1) is 19.7. The molecule has 7 atom stereocenters. The van der Waals surface area contributed by atoms with Gasteiger partial charge in [0.1, 0.15) is 18.3 Å². The smallest absolute Gasteiger partial charge is 0.334 e. The van der Waals surface area contributed by atoms with Crippen LogP contribution in [0.15, 0.2) is 22.8 Å². The molecule has 3 aliphatic carbocycles. The van der Waals surface area contributed by atoms with Gasteiger partial charge in [0, 0.05) is 29.5 Å². The van der Waals surface area contributed by atoms with Crippen LogP contribution in [0.4, 0.5) is 0 Å². The number of epoxide rings is 2. The Labute approximate surface area is 181 Å². The van der Waals surface area contributed by atoms with Gasteiger partial charge in [-0.3, -0.25) is 9.59 Å². The predicted molar refractivity (Wildman–Crippen MR) is 109 cm³/mol. The summed E-state index contributed by atoms with van der Waals surface area (Å²) in [5.41, 5.74) is 0.718. The first-order chi connectivity index (χ1) is 14.8. The van der Waals surface area contributed by atoms with Gasteiger partial charge < -0.3 is 19.5 Å². The fourth-order valence-electron chi connectivity index (χ4n) is 7.19. The Morgan fingerprint density at radius 2 is 2.13 bits per heavy atom. The number of nitrogens with one attached hydrogen (secondary N) is 1. The Kier molecular flexibility index (Phi) is 3.85. The summed E-state index contributed by atoms with van der Waals surface area (Å²) >= 11 is 0. The molecular formula is C24H29NO6.